The maximum Gasteiger partial charge on any atom is 0.413 e. The van der Waals surface area contributed by atoms with Gasteiger partial charge in [0.15, 0.2) is 0 Å². The van der Waals surface area contributed by atoms with Crippen LogP contribution in [0, 0.1) is 0 Å². The normalized spacial score (nSPS) is 12.8. The van der Waals surface area contributed by atoms with E-state index >= 15 is 0 Å². The molecule has 0 aliphatic carbocycles. The van der Waals surface area contributed by atoms with Gasteiger partial charge in [-0.3, -0.25) is 0 Å². The molecule has 0 aromatic carbocycles. The lowest BCUT2D eigenvalue weighted by atomic mass is 10.3. The summed E-state index contributed by atoms with van der Waals surface area (Å²) in [4.78, 5) is 10.6. The van der Waals surface area contributed by atoms with Crippen LogP contribution in [0.4, 0.5) is 13.2 Å². The average molecular weight is 261 g/mol. The zero-order chi connectivity index (χ0) is 10.5. The van der Waals surface area contributed by atoms with Crippen LogP contribution in [0.3, 0.4) is 0 Å². The van der Waals surface area contributed by atoms with Gasteiger partial charge in [-0.1, -0.05) is 15.9 Å². The van der Waals surface area contributed by atoms with Crippen LogP contribution in [-0.4, -0.2) is 24.1 Å². The number of ether oxygens (including phenoxy) is 1. The van der Waals surface area contributed by atoms with E-state index in [0.717, 1.165) is 0 Å². The maximum atomic E-state index is 12.0. The van der Waals surface area contributed by atoms with Crippen LogP contribution in [-0.2, 0) is 9.53 Å². The summed E-state index contributed by atoms with van der Waals surface area (Å²) in [5, 5.41) is -0.421. The van der Waals surface area contributed by atoms with Gasteiger partial charge < -0.3 is 4.74 Å². The van der Waals surface area contributed by atoms with Crippen LogP contribution < -0.4 is 0 Å². The number of allylic oxidation sites excluding steroid dienone is 1. The number of hydrogen-bond donors (Lipinski definition) is 0. The fourth-order valence-corrected chi connectivity index (χ4v) is 1.00. The van der Waals surface area contributed by atoms with Crippen molar-refractivity contribution in [3.05, 3.63) is 11.6 Å². The Bertz CT molecular complexity index is 210. The van der Waals surface area contributed by atoms with Crippen molar-refractivity contribution < 1.29 is 22.7 Å². The van der Waals surface area contributed by atoms with Gasteiger partial charge in [0.25, 0.3) is 0 Å². The van der Waals surface area contributed by atoms with Crippen molar-refractivity contribution in [1.82, 2.24) is 0 Å². The number of carbonyl (C=O) groups excluding carboxylic acids is 1. The third kappa shape index (κ3) is 4.92. The van der Waals surface area contributed by atoms with Crippen molar-refractivity contribution in [2.24, 2.45) is 0 Å². The molecule has 0 aromatic rings. The molecule has 0 amide bonds. The predicted octanol–water partition coefficient (Wildman–Crippen LogP) is 2.43. The van der Waals surface area contributed by atoms with E-state index < -0.39 is 23.0 Å². The fourth-order valence-electron chi connectivity index (χ4n) is 0.522. The minimum Gasteiger partial charge on any atom is -0.463 e. The lowest BCUT2D eigenvalue weighted by Crippen LogP contribution is -2.15. The topological polar surface area (TPSA) is 26.3 Å². The first kappa shape index (κ1) is 12.5. The van der Waals surface area contributed by atoms with Gasteiger partial charge in [-0.2, -0.15) is 13.2 Å². The van der Waals surface area contributed by atoms with E-state index in [0.29, 0.717) is 6.08 Å². The van der Waals surface area contributed by atoms with Crippen molar-refractivity contribution in [3.8, 4) is 0 Å². The van der Waals surface area contributed by atoms with Crippen LogP contribution in [0.15, 0.2) is 11.6 Å². The molecule has 0 heterocycles. The quantitative estimate of drug-likeness (QED) is 0.443. The summed E-state index contributed by atoms with van der Waals surface area (Å²) in [6, 6.07) is 0. The van der Waals surface area contributed by atoms with Crippen LogP contribution in [0.2, 0.25) is 0 Å². The minimum absolute atomic E-state index is 0.0583. The Hall–Kier alpha value is -0.520. The third-order valence-electron chi connectivity index (χ3n) is 1.09. The molecule has 0 aromatic heterocycles. The number of esters is 1. The van der Waals surface area contributed by atoms with E-state index in [1.54, 1.807) is 0 Å². The SMILES string of the molecule is CCOC(=O)C=C(CBr)C(F)(F)F. The Morgan fingerprint density at radius 1 is 1.54 bits per heavy atom. The first-order chi connectivity index (χ1) is 5.91. The van der Waals surface area contributed by atoms with Crippen LogP contribution in [0.25, 0.3) is 0 Å². The van der Waals surface area contributed by atoms with Crippen molar-refractivity contribution in [1.29, 1.82) is 0 Å². The molecule has 2 nitrogen and oxygen atoms in total. The lowest BCUT2D eigenvalue weighted by Gasteiger charge is -2.07. The van der Waals surface area contributed by atoms with E-state index in [4.69, 9.17) is 0 Å². The van der Waals surface area contributed by atoms with Gasteiger partial charge in [0.05, 0.1) is 12.2 Å². The first-order valence-corrected chi connectivity index (χ1v) is 4.54. The summed E-state index contributed by atoms with van der Waals surface area (Å²) in [6.07, 6.45) is -4.05. The summed E-state index contributed by atoms with van der Waals surface area (Å²) in [6.45, 7) is 1.58. The zero-order valence-electron chi connectivity index (χ0n) is 6.82. The molecule has 0 fully saturated rings. The molecule has 0 aliphatic heterocycles. The summed E-state index contributed by atoms with van der Waals surface area (Å²) in [5.41, 5.74) is -0.953. The Morgan fingerprint density at radius 2 is 2.08 bits per heavy atom. The van der Waals surface area contributed by atoms with Gasteiger partial charge in [-0.15, -0.1) is 0 Å². The van der Waals surface area contributed by atoms with Gasteiger partial charge in [0.2, 0.25) is 0 Å². The Kier molecular flexibility index (Phi) is 5.05. The first-order valence-electron chi connectivity index (χ1n) is 3.42. The second kappa shape index (κ2) is 5.26. The minimum atomic E-state index is -4.49. The van der Waals surface area contributed by atoms with Gasteiger partial charge in [-0.25, -0.2) is 4.79 Å². The molecule has 0 saturated carbocycles. The van der Waals surface area contributed by atoms with E-state index in [1.807, 2.05) is 0 Å². The molecule has 0 saturated heterocycles. The summed E-state index contributed by atoms with van der Waals surface area (Å²) < 4.78 is 40.4. The molecule has 6 heteroatoms. The monoisotopic (exact) mass is 260 g/mol. The van der Waals surface area contributed by atoms with Gasteiger partial charge >= 0.3 is 12.1 Å². The number of alkyl halides is 4. The molecule has 0 rings (SSSR count). The molecule has 76 valence electrons. The second-order valence-electron chi connectivity index (χ2n) is 2.05. The molecule has 0 atom stereocenters. The molecule has 0 radical (unpaired) electrons. The maximum absolute atomic E-state index is 12.0. The van der Waals surface area contributed by atoms with Crippen molar-refractivity contribution in [2.45, 2.75) is 13.1 Å². The molecular weight excluding hydrogens is 253 g/mol. The zero-order valence-corrected chi connectivity index (χ0v) is 8.41. The molecule has 0 N–H and O–H groups in total. The smallest absolute Gasteiger partial charge is 0.413 e. The molecular formula is C7H8BrF3O2. The lowest BCUT2D eigenvalue weighted by molar-refractivity contribution is -0.138. The average Bonchev–Trinajstić information content (AvgIpc) is 1.98. The van der Waals surface area contributed by atoms with Crippen molar-refractivity contribution in [2.75, 3.05) is 11.9 Å². The van der Waals surface area contributed by atoms with E-state index in [-0.39, 0.29) is 6.61 Å². The number of halogens is 4. The van der Waals surface area contributed by atoms with Gasteiger partial charge in [-0.05, 0) is 6.92 Å². The largest absolute Gasteiger partial charge is 0.463 e. The highest BCUT2D eigenvalue weighted by atomic mass is 79.9. The fraction of sp³-hybridized carbons (Fsp3) is 0.571. The van der Waals surface area contributed by atoms with E-state index in [9.17, 15) is 18.0 Å². The van der Waals surface area contributed by atoms with Gasteiger partial charge in [0.1, 0.15) is 0 Å². The van der Waals surface area contributed by atoms with E-state index in [1.165, 1.54) is 6.92 Å². The molecule has 0 bridgehead atoms. The molecule has 13 heavy (non-hydrogen) atoms. The number of rotatable bonds is 3. The van der Waals surface area contributed by atoms with Crippen LogP contribution >= 0.6 is 15.9 Å². The molecule has 0 unspecified atom stereocenters. The Balaban J connectivity index is 4.48. The Labute approximate surface area is 81.9 Å². The highest BCUT2D eigenvalue weighted by Gasteiger charge is 2.33. The predicted molar refractivity (Wildman–Crippen MR) is 44.6 cm³/mol. The van der Waals surface area contributed by atoms with Crippen molar-refractivity contribution in [3.63, 3.8) is 0 Å². The molecule has 0 aliphatic rings. The summed E-state index contributed by atoms with van der Waals surface area (Å²) >= 11 is 2.64. The number of hydrogen-bond acceptors (Lipinski definition) is 2. The van der Waals surface area contributed by atoms with Crippen LogP contribution in [0.1, 0.15) is 6.92 Å². The van der Waals surface area contributed by atoms with Crippen molar-refractivity contribution >= 4 is 21.9 Å². The van der Waals surface area contributed by atoms with Gasteiger partial charge in [0, 0.05) is 11.4 Å². The molecule has 0 spiro atoms. The second-order valence-corrected chi connectivity index (χ2v) is 2.61. The third-order valence-corrected chi connectivity index (χ3v) is 1.69. The Morgan fingerprint density at radius 3 is 2.38 bits per heavy atom. The summed E-state index contributed by atoms with van der Waals surface area (Å²) in [7, 11) is 0. The van der Waals surface area contributed by atoms with E-state index in [2.05, 4.69) is 20.7 Å². The van der Waals surface area contributed by atoms with Crippen LogP contribution in [0.5, 0.6) is 0 Å². The summed E-state index contributed by atoms with van der Waals surface area (Å²) in [5.74, 6) is -0.978. The number of carbonyl (C=O) groups is 1. The highest BCUT2D eigenvalue weighted by Crippen LogP contribution is 2.26. The highest BCUT2D eigenvalue weighted by molar-refractivity contribution is 9.09. The standard InChI is InChI=1S/C7H8BrF3O2/c1-2-13-6(12)3-5(4-8)7(9,10)11/h3H,2,4H2,1H3.